The molecule has 0 bridgehead atoms. The van der Waals surface area contributed by atoms with Gasteiger partial charge in [-0.1, -0.05) is 25.1 Å². The Labute approximate surface area is 111 Å². The van der Waals surface area contributed by atoms with Gasteiger partial charge >= 0.3 is 0 Å². The van der Waals surface area contributed by atoms with E-state index in [1.54, 1.807) is 0 Å². The minimum absolute atomic E-state index is 0.643. The van der Waals surface area contributed by atoms with Crippen LogP contribution in [-0.4, -0.2) is 6.54 Å². The number of allylic oxidation sites excluding steroid dienone is 4. The summed E-state index contributed by atoms with van der Waals surface area (Å²) in [7, 11) is 0. The number of anilines is 1. The predicted molar refractivity (Wildman–Crippen MR) is 79.9 cm³/mol. The second kappa shape index (κ2) is 5.43. The standard InChI is InChI=1S/C17H23N/c1-5-18(16-8-6-7-13(2)10-16)17-11-14(3)9-15(4)12-17/h6-9,11-13H,5,10H2,1-4H3. The van der Waals surface area contributed by atoms with E-state index in [9.17, 15) is 0 Å². The fourth-order valence-electron chi connectivity index (χ4n) is 2.68. The number of hydrogen-bond acceptors (Lipinski definition) is 1. The van der Waals surface area contributed by atoms with Crippen LogP contribution in [-0.2, 0) is 0 Å². The molecule has 1 unspecified atom stereocenters. The molecule has 1 aliphatic carbocycles. The van der Waals surface area contributed by atoms with Crippen molar-refractivity contribution in [3.05, 3.63) is 53.3 Å². The van der Waals surface area contributed by atoms with Gasteiger partial charge in [0.25, 0.3) is 0 Å². The van der Waals surface area contributed by atoms with E-state index in [1.807, 2.05) is 0 Å². The van der Waals surface area contributed by atoms with Gasteiger partial charge in [0.15, 0.2) is 0 Å². The lowest BCUT2D eigenvalue weighted by molar-refractivity contribution is 0.680. The molecule has 0 saturated carbocycles. The van der Waals surface area contributed by atoms with E-state index in [0.29, 0.717) is 5.92 Å². The van der Waals surface area contributed by atoms with Gasteiger partial charge in [-0.2, -0.15) is 0 Å². The van der Waals surface area contributed by atoms with Crippen LogP contribution in [0.5, 0.6) is 0 Å². The van der Waals surface area contributed by atoms with E-state index in [1.165, 1.54) is 22.5 Å². The Kier molecular flexibility index (Phi) is 3.90. The zero-order valence-corrected chi connectivity index (χ0v) is 11.9. The molecule has 0 aromatic heterocycles. The molecule has 0 heterocycles. The van der Waals surface area contributed by atoms with Crippen LogP contribution in [0, 0.1) is 19.8 Å². The van der Waals surface area contributed by atoms with Gasteiger partial charge in [0, 0.05) is 17.9 Å². The topological polar surface area (TPSA) is 3.24 Å². The number of benzene rings is 1. The lowest BCUT2D eigenvalue weighted by Gasteiger charge is -2.29. The Morgan fingerprint density at radius 2 is 1.83 bits per heavy atom. The zero-order valence-electron chi connectivity index (χ0n) is 11.9. The molecule has 0 amide bonds. The SMILES string of the molecule is CCN(C1=CC=CC(C)C1)c1cc(C)cc(C)c1. The van der Waals surface area contributed by atoms with E-state index < -0.39 is 0 Å². The molecule has 1 aromatic carbocycles. The van der Waals surface area contributed by atoms with E-state index >= 15 is 0 Å². The van der Waals surface area contributed by atoms with Gasteiger partial charge in [0.05, 0.1) is 0 Å². The molecule has 0 radical (unpaired) electrons. The lowest BCUT2D eigenvalue weighted by Crippen LogP contribution is -2.24. The van der Waals surface area contributed by atoms with Crippen LogP contribution in [0.15, 0.2) is 42.1 Å². The predicted octanol–water partition coefficient (Wildman–Crippen LogP) is 4.61. The minimum Gasteiger partial charge on any atom is -0.345 e. The monoisotopic (exact) mass is 241 g/mol. The lowest BCUT2D eigenvalue weighted by atomic mass is 9.99. The second-order valence-corrected chi connectivity index (χ2v) is 5.31. The van der Waals surface area contributed by atoms with Crippen LogP contribution in [0.3, 0.4) is 0 Å². The van der Waals surface area contributed by atoms with Crippen molar-refractivity contribution >= 4 is 5.69 Å². The van der Waals surface area contributed by atoms with Crippen LogP contribution in [0.25, 0.3) is 0 Å². The summed E-state index contributed by atoms with van der Waals surface area (Å²) in [6, 6.07) is 6.79. The van der Waals surface area contributed by atoms with Crippen molar-refractivity contribution in [2.45, 2.75) is 34.1 Å². The smallest absolute Gasteiger partial charge is 0.0413 e. The molecule has 1 atom stereocenters. The summed E-state index contributed by atoms with van der Waals surface area (Å²) in [5.41, 5.74) is 5.42. The van der Waals surface area contributed by atoms with Crippen molar-refractivity contribution in [2.24, 2.45) is 5.92 Å². The largest absolute Gasteiger partial charge is 0.345 e. The first kappa shape index (κ1) is 12.9. The van der Waals surface area contributed by atoms with Crippen molar-refractivity contribution < 1.29 is 0 Å². The highest BCUT2D eigenvalue weighted by atomic mass is 15.1. The average Bonchev–Trinajstić information content (AvgIpc) is 2.28. The molecule has 2 rings (SSSR count). The quantitative estimate of drug-likeness (QED) is 0.747. The number of aryl methyl sites for hydroxylation is 2. The minimum atomic E-state index is 0.643. The van der Waals surface area contributed by atoms with E-state index in [2.05, 4.69) is 69.0 Å². The summed E-state index contributed by atoms with van der Waals surface area (Å²) in [6.45, 7) is 9.86. The Bertz CT molecular complexity index is 462. The summed E-state index contributed by atoms with van der Waals surface area (Å²) < 4.78 is 0. The Morgan fingerprint density at radius 1 is 1.17 bits per heavy atom. The van der Waals surface area contributed by atoms with Crippen molar-refractivity contribution in [1.82, 2.24) is 0 Å². The van der Waals surface area contributed by atoms with E-state index in [4.69, 9.17) is 0 Å². The third kappa shape index (κ3) is 2.84. The third-order valence-electron chi connectivity index (χ3n) is 3.44. The highest BCUT2D eigenvalue weighted by Crippen LogP contribution is 2.28. The van der Waals surface area contributed by atoms with Crippen molar-refractivity contribution in [1.29, 1.82) is 0 Å². The third-order valence-corrected chi connectivity index (χ3v) is 3.44. The molecule has 0 saturated heterocycles. The molecule has 1 heteroatoms. The van der Waals surface area contributed by atoms with Crippen LogP contribution in [0.1, 0.15) is 31.4 Å². The van der Waals surface area contributed by atoms with Gasteiger partial charge in [0.2, 0.25) is 0 Å². The maximum atomic E-state index is 2.43. The van der Waals surface area contributed by atoms with Crippen LogP contribution >= 0.6 is 0 Å². The summed E-state index contributed by atoms with van der Waals surface area (Å²) in [6.07, 6.45) is 7.85. The molecule has 1 aromatic rings. The van der Waals surface area contributed by atoms with Crippen molar-refractivity contribution in [2.75, 3.05) is 11.4 Å². The summed E-state index contributed by atoms with van der Waals surface area (Å²) in [5, 5.41) is 0. The molecular weight excluding hydrogens is 218 g/mol. The summed E-state index contributed by atoms with van der Waals surface area (Å²) >= 11 is 0. The van der Waals surface area contributed by atoms with Gasteiger partial charge in [-0.3, -0.25) is 0 Å². The number of hydrogen-bond donors (Lipinski definition) is 0. The molecule has 0 aliphatic heterocycles. The van der Waals surface area contributed by atoms with E-state index in [-0.39, 0.29) is 0 Å². The first-order valence-electron chi connectivity index (χ1n) is 6.83. The Hall–Kier alpha value is -1.50. The van der Waals surface area contributed by atoms with Crippen LogP contribution in [0.2, 0.25) is 0 Å². The Morgan fingerprint density at radius 3 is 2.39 bits per heavy atom. The highest BCUT2D eigenvalue weighted by Gasteiger charge is 2.14. The van der Waals surface area contributed by atoms with Gasteiger partial charge in [0.1, 0.15) is 0 Å². The average molecular weight is 241 g/mol. The summed E-state index contributed by atoms with van der Waals surface area (Å²) in [4.78, 5) is 2.43. The molecule has 0 N–H and O–H groups in total. The molecule has 0 fully saturated rings. The van der Waals surface area contributed by atoms with Crippen molar-refractivity contribution in [3.63, 3.8) is 0 Å². The Balaban J connectivity index is 2.33. The van der Waals surface area contributed by atoms with Crippen LogP contribution < -0.4 is 4.90 Å². The maximum absolute atomic E-state index is 2.43. The second-order valence-electron chi connectivity index (χ2n) is 5.31. The molecule has 0 spiro atoms. The number of nitrogens with zero attached hydrogens (tertiary/aromatic N) is 1. The van der Waals surface area contributed by atoms with Crippen molar-refractivity contribution in [3.8, 4) is 0 Å². The van der Waals surface area contributed by atoms with Gasteiger partial charge in [-0.25, -0.2) is 0 Å². The molecular formula is C17H23N. The van der Waals surface area contributed by atoms with E-state index in [0.717, 1.165) is 13.0 Å². The normalized spacial score (nSPS) is 18.7. The summed E-state index contributed by atoms with van der Waals surface area (Å²) in [5.74, 6) is 0.643. The molecule has 1 aliphatic rings. The highest BCUT2D eigenvalue weighted by molar-refractivity contribution is 5.56. The van der Waals surface area contributed by atoms with Gasteiger partial charge < -0.3 is 4.90 Å². The molecule has 18 heavy (non-hydrogen) atoms. The first-order chi connectivity index (χ1) is 8.60. The molecule has 96 valence electrons. The molecule has 1 nitrogen and oxygen atoms in total. The fraction of sp³-hybridized carbons (Fsp3) is 0.412. The number of rotatable bonds is 3. The zero-order chi connectivity index (χ0) is 13.1. The fourth-order valence-corrected chi connectivity index (χ4v) is 2.68. The first-order valence-corrected chi connectivity index (χ1v) is 6.83. The van der Waals surface area contributed by atoms with Gasteiger partial charge in [-0.05, 0) is 62.4 Å². The van der Waals surface area contributed by atoms with Crippen LogP contribution in [0.4, 0.5) is 5.69 Å². The van der Waals surface area contributed by atoms with Gasteiger partial charge in [-0.15, -0.1) is 0 Å². The maximum Gasteiger partial charge on any atom is 0.0413 e.